The minimum Gasteiger partial charge on any atom is -0.497 e. The standard InChI is InChI=1S/C44H55N5O11/c1-26(2)15-16-58-33-20-29(41(53)54)18-31(22-33)45-39(51)34-13-10-14-36(34)47-38(50)28-17-30(21-32(19-28)57-6)46-40(52)35-23-49(43(56)60-44(3,4)5)24-37(35)48-42(55)59-25-27-11-8-7-9-12-27/h7-9,11-12,17-22,26,34-37H,10,13-16,23-25H2,1-6H3,(H,45,51)(H,46,52)(H,47,50)(H,48,55)(H,53,54). The third-order valence-corrected chi connectivity index (χ3v) is 10.1. The molecule has 0 spiro atoms. The van der Waals surface area contributed by atoms with E-state index < -0.39 is 59.5 Å². The fraction of sp³-hybridized carbons (Fsp3) is 0.455. The normalized spacial score (nSPS) is 18.6. The molecule has 3 aromatic carbocycles. The molecule has 1 heterocycles. The average Bonchev–Trinajstić information content (AvgIpc) is 3.84. The van der Waals surface area contributed by atoms with E-state index in [0.717, 1.165) is 12.0 Å². The third kappa shape index (κ3) is 12.8. The maximum atomic E-state index is 13.9. The van der Waals surface area contributed by atoms with Crippen molar-refractivity contribution >= 4 is 47.3 Å². The maximum absolute atomic E-state index is 13.9. The molecule has 1 aliphatic carbocycles. The van der Waals surface area contributed by atoms with E-state index in [9.17, 15) is 33.9 Å². The summed E-state index contributed by atoms with van der Waals surface area (Å²) in [5.74, 6) is -3.16. The largest absolute Gasteiger partial charge is 0.497 e. The number of aromatic carboxylic acids is 1. The molecule has 3 aromatic rings. The molecule has 1 saturated carbocycles. The van der Waals surface area contributed by atoms with Gasteiger partial charge in [-0.2, -0.15) is 0 Å². The summed E-state index contributed by atoms with van der Waals surface area (Å²) in [6.45, 7) is 9.58. The second-order valence-corrected chi connectivity index (χ2v) is 16.4. The molecular formula is C44H55N5O11. The van der Waals surface area contributed by atoms with Crippen molar-refractivity contribution in [2.24, 2.45) is 17.8 Å². The molecule has 4 atom stereocenters. The average molecular weight is 830 g/mol. The number of hydrogen-bond acceptors (Lipinski definition) is 10. The Bertz CT molecular complexity index is 2030. The number of carboxylic acid groups (broad SMARTS) is 1. The summed E-state index contributed by atoms with van der Waals surface area (Å²) in [5, 5.41) is 21.0. The van der Waals surface area contributed by atoms with Crippen LogP contribution in [0.4, 0.5) is 21.0 Å². The number of ether oxygens (including phenoxy) is 4. The minimum absolute atomic E-state index is 0.00255. The number of nitrogens with zero attached hydrogens (tertiary/aromatic N) is 1. The van der Waals surface area contributed by atoms with Crippen molar-refractivity contribution in [3.8, 4) is 11.5 Å². The van der Waals surface area contributed by atoms with E-state index in [1.54, 1.807) is 39.0 Å². The number of methoxy groups -OCH3 is 1. The van der Waals surface area contributed by atoms with Crippen LogP contribution in [0, 0.1) is 17.8 Å². The van der Waals surface area contributed by atoms with Crippen LogP contribution in [-0.2, 0) is 25.7 Å². The zero-order valence-corrected chi connectivity index (χ0v) is 34.9. The predicted octanol–water partition coefficient (Wildman–Crippen LogP) is 6.46. The molecule has 0 aromatic heterocycles. The van der Waals surface area contributed by atoms with Crippen LogP contribution in [0.1, 0.15) is 86.6 Å². The highest BCUT2D eigenvalue weighted by molar-refractivity contribution is 6.00. The monoisotopic (exact) mass is 829 g/mol. The number of benzene rings is 3. The maximum Gasteiger partial charge on any atom is 0.410 e. The van der Waals surface area contributed by atoms with E-state index in [1.165, 1.54) is 42.3 Å². The second-order valence-electron chi connectivity index (χ2n) is 16.4. The Kier molecular flexibility index (Phi) is 15.0. The molecule has 16 heteroatoms. The summed E-state index contributed by atoms with van der Waals surface area (Å²) in [7, 11) is 1.41. The van der Waals surface area contributed by atoms with Crippen molar-refractivity contribution in [1.82, 2.24) is 15.5 Å². The molecule has 5 N–H and O–H groups in total. The smallest absolute Gasteiger partial charge is 0.410 e. The van der Waals surface area contributed by atoms with Gasteiger partial charge in [-0.1, -0.05) is 50.6 Å². The topological polar surface area (TPSA) is 211 Å². The molecule has 5 amide bonds. The van der Waals surface area contributed by atoms with Crippen LogP contribution in [0.15, 0.2) is 66.7 Å². The third-order valence-electron chi connectivity index (χ3n) is 10.1. The number of amides is 5. The van der Waals surface area contributed by atoms with Gasteiger partial charge in [-0.15, -0.1) is 0 Å². The number of nitrogens with one attached hydrogen (secondary N) is 4. The zero-order valence-electron chi connectivity index (χ0n) is 34.9. The number of alkyl carbamates (subject to hydrolysis) is 1. The molecule has 5 rings (SSSR count). The van der Waals surface area contributed by atoms with E-state index in [2.05, 4.69) is 35.1 Å². The lowest BCUT2D eigenvalue weighted by atomic mass is 10.0. The Balaban J connectivity index is 1.26. The molecule has 1 aliphatic heterocycles. The lowest BCUT2D eigenvalue weighted by Crippen LogP contribution is -2.45. The quantitative estimate of drug-likeness (QED) is 0.112. The first kappa shape index (κ1) is 44.8. The highest BCUT2D eigenvalue weighted by atomic mass is 16.6. The van der Waals surface area contributed by atoms with E-state index in [-0.39, 0.29) is 53.9 Å². The Morgan fingerprint density at radius 1 is 0.800 bits per heavy atom. The Hall–Kier alpha value is -6.32. The second kappa shape index (κ2) is 20.1. The van der Waals surface area contributed by atoms with Crippen LogP contribution in [0.3, 0.4) is 0 Å². The minimum atomic E-state index is -1.17. The van der Waals surface area contributed by atoms with Crippen molar-refractivity contribution in [3.63, 3.8) is 0 Å². The fourth-order valence-corrected chi connectivity index (χ4v) is 6.99. The number of carbonyl (C=O) groups is 6. The van der Waals surface area contributed by atoms with Gasteiger partial charge in [0.25, 0.3) is 5.91 Å². The summed E-state index contributed by atoms with van der Waals surface area (Å²) < 4.78 is 22.2. The zero-order chi connectivity index (χ0) is 43.6. The predicted molar refractivity (Wildman–Crippen MR) is 222 cm³/mol. The Morgan fingerprint density at radius 3 is 2.10 bits per heavy atom. The molecule has 0 radical (unpaired) electrons. The van der Waals surface area contributed by atoms with Crippen LogP contribution >= 0.6 is 0 Å². The van der Waals surface area contributed by atoms with Gasteiger partial charge in [0.05, 0.1) is 37.2 Å². The number of carboxylic acids is 1. The number of carbonyl (C=O) groups excluding carboxylic acids is 5. The van der Waals surface area contributed by atoms with Gasteiger partial charge in [-0.05, 0) is 75.8 Å². The highest BCUT2D eigenvalue weighted by Gasteiger charge is 2.42. The van der Waals surface area contributed by atoms with E-state index >= 15 is 0 Å². The summed E-state index contributed by atoms with van der Waals surface area (Å²) in [4.78, 5) is 80.4. The van der Waals surface area contributed by atoms with Crippen LogP contribution < -0.4 is 30.7 Å². The van der Waals surface area contributed by atoms with Crippen molar-refractivity contribution in [3.05, 3.63) is 83.4 Å². The molecule has 2 aliphatic rings. The summed E-state index contributed by atoms with van der Waals surface area (Å²) in [6, 6.07) is 16.6. The summed E-state index contributed by atoms with van der Waals surface area (Å²) in [5.41, 5.74) is 0.571. The summed E-state index contributed by atoms with van der Waals surface area (Å²) >= 11 is 0. The molecule has 322 valence electrons. The van der Waals surface area contributed by atoms with Crippen LogP contribution in [0.2, 0.25) is 0 Å². The molecular weight excluding hydrogens is 775 g/mol. The van der Waals surface area contributed by atoms with Gasteiger partial charge in [0, 0.05) is 48.2 Å². The number of likely N-dealkylation sites (tertiary alicyclic amines) is 1. The van der Waals surface area contributed by atoms with Crippen LogP contribution in [-0.4, -0.2) is 90.4 Å². The van der Waals surface area contributed by atoms with E-state index in [4.69, 9.17) is 18.9 Å². The molecule has 1 saturated heterocycles. The van der Waals surface area contributed by atoms with Gasteiger partial charge >= 0.3 is 18.2 Å². The van der Waals surface area contributed by atoms with Crippen LogP contribution in [0.25, 0.3) is 0 Å². The van der Waals surface area contributed by atoms with Gasteiger partial charge in [-0.25, -0.2) is 14.4 Å². The first-order valence-electron chi connectivity index (χ1n) is 20.1. The number of hydrogen-bond donors (Lipinski definition) is 5. The number of rotatable bonds is 15. The molecule has 2 fully saturated rings. The van der Waals surface area contributed by atoms with E-state index in [1.807, 2.05) is 18.2 Å². The van der Waals surface area contributed by atoms with Crippen LogP contribution in [0.5, 0.6) is 11.5 Å². The van der Waals surface area contributed by atoms with Gasteiger partial charge in [0.2, 0.25) is 11.8 Å². The van der Waals surface area contributed by atoms with Crippen molar-refractivity contribution < 1.29 is 52.8 Å². The fourth-order valence-electron chi connectivity index (χ4n) is 6.99. The first-order chi connectivity index (χ1) is 28.5. The van der Waals surface area contributed by atoms with Crippen molar-refractivity contribution in [2.45, 2.75) is 84.6 Å². The molecule has 60 heavy (non-hydrogen) atoms. The first-order valence-corrected chi connectivity index (χ1v) is 20.1. The van der Waals surface area contributed by atoms with Crippen molar-refractivity contribution in [1.29, 1.82) is 0 Å². The molecule has 16 nitrogen and oxygen atoms in total. The van der Waals surface area contributed by atoms with Gasteiger partial charge in [0.1, 0.15) is 23.7 Å². The van der Waals surface area contributed by atoms with Gasteiger partial charge in [-0.3, -0.25) is 14.4 Å². The Morgan fingerprint density at radius 2 is 1.45 bits per heavy atom. The van der Waals surface area contributed by atoms with Gasteiger partial charge in [0.15, 0.2) is 0 Å². The van der Waals surface area contributed by atoms with Crippen molar-refractivity contribution in [2.75, 3.05) is 37.4 Å². The summed E-state index contributed by atoms with van der Waals surface area (Å²) in [6.07, 6.45) is 1.03. The lowest BCUT2D eigenvalue weighted by molar-refractivity contribution is -0.120. The SMILES string of the molecule is COc1cc(NC(=O)C2CN(C(=O)OC(C)(C)C)CC2NC(=O)OCc2ccccc2)cc(C(=O)NC2CCCC2C(=O)Nc2cc(OCCC(C)C)cc(C(=O)O)c2)c1. The lowest BCUT2D eigenvalue weighted by Gasteiger charge is -2.24. The molecule has 0 bridgehead atoms. The van der Waals surface area contributed by atoms with Gasteiger partial charge < -0.3 is 50.2 Å². The highest BCUT2D eigenvalue weighted by Crippen LogP contribution is 2.30. The van der Waals surface area contributed by atoms with E-state index in [0.29, 0.717) is 37.5 Å². The number of anilines is 2. The Labute approximate surface area is 349 Å². The molecule has 4 unspecified atom stereocenters.